The zero-order valence-corrected chi connectivity index (χ0v) is 16.2. The van der Waals surface area contributed by atoms with Gasteiger partial charge in [0.15, 0.2) is 17.2 Å². The van der Waals surface area contributed by atoms with Gasteiger partial charge in [-0.3, -0.25) is 4.79 Å². The molecular formula is C19H20N8O2. The fraction of sp³-hybridized carbons (Fsp3) is 0.316. The summed E-state index contributed by atoms with van der Waals surface area (Å²) in [6.45, 7) is 4.24. The molecule has 0 radical (unpaired) electrons. The van der Waals surface area contributed by atoms with Gasteiger partial charge in [-0.2, -0.15) is 0 Å². The van der Waals surface area contributed by atoms with E-state index in [4.69, 9.17) is 4.74 Å². The summed E-state index contributed by atoms with van der Waals surface area (Å²) in [4.78, 5) is 17.0. The molecule has 5 rings (SSSR count). The summed E-state index contributed by atoms with van der Waals surface area (Å²) in [5.41, 5.74) is 4.30. The first-order valence-electron chi connectivity index (χ1n) is 9.36. The van der Waals surface area contributed by atoms with Gasteiger partial charge >= 0.3 is 0 Å². The van der Waals surface area contributed by atoms with Gasteiger partial charge in [-0.05, 0) is 43.7 Å². The number of nitrogens with zero attached hydrogens (tertiary/aromatic N) is 6. The highest BCUT2D eigenvalue weighted by Gasteiger charge is 2.21. The summed E-state index contributed by atoms with van der Waals surface area (Å²) in [5, 5.41) is 19.2. The molecule has 2 N–H and O–H groups in total. The molecule has 3 aromatic heterocycles. The zero-order valence-electron chi connectivity index (χ0n) is 16.2. The van der Waals surface area contributed by atoms with Gasteiger partial charge in [-0.25, -0.2) is 14.2 Å². The molecule has 0 saturated carbocycles. The number of aryl methyl sites for hydroxylation is 1. The molecule has 2 atom stereocenters. The van der Waals surface area contributed by atoms with Crippen molar-refractivity contribution in [2.75, 3.05) is 5.32 Å². The molecule has 148 valence electrons. The highest BCUT2D eigenvalue weighted by atomic mass is 16.5. The van der Waals surface area contributed by atoms with Gasteiger partial charge in [0.2, 0.25) is 0 Å². The van der Waals surface area contributed by atoms with Crippen LogP contribution in [0, 0.1) is 0 Å². The van der Waals surface area contributed by atoms with E-state index >= 15 is 0 Å². The van der Waals surface area contributed by atoms with Crippen LogP contribution < -0.4 is 10.6 Å². The molecular weight excluding hydrogens is 372 g/mol. The van der Waals surface area contributed by atoms with E-state index in [1.807, 2.05) is 45.2 Å². The SMILES string of the molecule is C[C@@H]1OCc2cc(c3nnn(C)c3c2)Nc2ccc3ncc(n3n2)C(=O)N[C@@H]1C. The molecule has 1 amide bonds. The normalized spacial score (nSPS) is 19.9. The summed E-state index contributed by atoms with van der Waals surface area (Å²) < 4.78 is 9.28. The first-order chi connectivity index (χ1) is 14.0. The van der Waals surface area contributed by atoms with Gasteiger partial charge in [0, 0.05) is 7.05 Å². The number of hydrogen-bond donors (Lipinski definition) is 2. The van der Waals surface area contributed by atoms with Crippen molar-refractivity contribution in [1.82, 2.24) is 34.9 Å². The monoisotopic (exact) mass is 392 g/mol. The summed E-state index contributed by atoms with van der Waals surface area (Å²) in [7, 11) is 1.85. The Kier molecular flexibility index (Phi) is 3.95. The maximum atomic E-state index is 12.8. The van der Waals surface area contributed by atoms with Gasteiger partial charge in [-0.15, -0.1) is 10.2 Å². The highest BCUT2D eigenvalue weighted by molar-refractivity contribution is 5.93. The lowest BCUT2D eigenvalue weighted by atomic mass is 10.1. The average Bonchev–Trinajstić information content (AvgIpc) is 3.29. The largest absolute Gasteiger partial charge is 0.372 e. The lowest BCUT2D eigenvalue weighted by molar-refractivity contribution is 0.0302. The van der Waals surface area contributed by atoms with Crippen LogP contribution in [-0.2, 0) is 18.4 Å². The fourth-order valence-corrected chi connectivity index (χ4v) is 3.37. The minimum Gasteiger partial charge on any atom is -0.372 e. The molecule has 29 heavy (non-hydrogen) atoms. The Morgan fingerprint density at radius 2 is 2.10 bits per heavy atom. The van der Waals surface area contributed by atoms with Gasteiger partial charge in [0.1, 0.15) is 5.52 Å². The van der Waals surface area contributed by atoms with Crippen molar-refractivity contribution >= 4 is 34.1 Å². The van der Waals surface area contributed by atoms with E-state index in [9.17, 15) is 4.79 Å². The van der Waals surface area contributed by atoms with Crippen LogP contribution in [0.15, 0.2) is 30.5 Å². The molecule has 10 heteroatoms. The number of rotatable bonds is 0. The molecule has 0 spiro atoms. The Morgan fingerprint density at radius 1 is 1.24 bits per heavy atom. The van der Waals surface area contributed by atoms with E-state index in [0.717, 1.165) is 22.3 Å². The van der Waals surface area contributed by atoms with E-state index in [1.165, 1.54) is 10.7 Å². The Hall–Kier alpha value is -3.53. The van der Waals surface area contributed by atoms with Crippen LogP contribution in [0.2, 0.25) is 0 Å². The Morgan fingerprint density at radius 3 is 2.97 bits per heavy atom. The van der Waals surface area contributed by atoms with Crippen molar-refractivity contribution in [2.45, 2.75) is 32.6 Å². The van der Waals surface area contributed by atoms with Crippen LogP contribution in [-0.4, -0.2) is 47.6 Å². The van der Waals surface area contributed by atoms with Crippen molar-refractivity contribution in [3.8, 4) is 0 Å². The van der Waals surface area contributed by atoms with E-state index < -0.39 is 0 Å². The Labute approximate surface area is 165 Å². The molecule has 4 bridgehead atoms. The molecule has 1 aliphatic heterocycles. The second-order valence-corrected chi connectivity index (χ2v) is 7.26. The molecule has 1 aliphatic rings. The quantitative estimate of drug-likeness (QED) is 0.469. The van der Waals surface area contributed by atoms with Crippen molar-refractivity contribution < 1.29 is 9.53 Å². The third-order valence-electron chi connectivity index (χ3n) is 5.21. The van der Waals surface area contributed by atoms with Gasteiger partial charge in [0.05, 0.1) is 36.2 Å². The van der Waals surface area contributed by atoms with Crippen LogP contribution in [0.4, 0.5) is 11.5 Å². The van der Waals surface area contributed by atoms with Crippen molar-refractivity contribution in [3.63, 3.8) is 0 Å². The number of carbonyl (C=O) groups is 1. The second-order valence-electron chi connectivity index (χ2n) is 7.26. The van der Waals surface area contributed by atoms with Crippen molar-refractivity contribution in [1.29, 1.82) is 0 Å². The van der Waals surface area contributed by atoms with E-state index in [-0.39, 0.29) is 18.1 Å². The van der Waals surface area contributed by atoms with Gasteiger partial charge < -0.3 is 15.4 Å². The first-order valence-corrected chi connectivity index (χ1v) is 9.36. The van der Waals surface area contributed by atoms with Crippen molar-refractivity contribution in [3.05, 3.63) is 41.7 Å². The summed E-state index contributed by atoms with van der Waals surface area (Å²) in [6.07, 6.45) is 1.33. The number of benzene rings is 1. The average molecular weight is 392 g/mol. The number of carbonyl (C=O) groups excluding carboxylic acids is 1. The highest BCUT2D eigenvalue weighted by Crippen LogP contribution is 2.27. The number of hydrogen-bond acceptors (Lipinski definition) is 7. The second kappa shape index (κ2) is 6.52. The van der Waals surface area contributed by atoms with Crippen LogP contribution >= 0.6 is 0 Å². The molecule has 0 aliphatic carbocycles. The Bertz CT molecular complexity index is 1240. The summed E-state index contributed by atoms with van der Waals surface area (Å²) >= 11 is 0. The zero-order chi connectivity index (χ0) is 20.1. The number of amides is 1. The molecule has 0 unspecified atom stereocenters. The summed E-state index contributed by atoms with van der Waals surface area (Å²) in [5.74, 6) is 0.310. The predicted molar refractivity (Wildman–Crippen MR) is 106 cm³/mol. The van der Waals surface area contributed by atoms with E-state index in [2.05, 4.69) is 31.0 Å². The number of ether oxygens (including phenoxy) is 1. The van der Waals surface area contributed by atoms with Crippen LogP contribution in [0.25, 0.3) is 16.7 Å². The van der Waals surface area contributed by atoms with Crippen LogP contribution in [0.1, 0.15) is 29.9 Å². The van der Waals surface area contributed by atoms with Crippen molar-refractivity contribution in [2.24, 2.45) is 7.05 Å². The molecule has 0 fully saturated rings. The standard InChI is InChI=1S/C19H20N8O2/c1-10-11(2)29-9-12-6-13(18-14(7-12)26(3)25-23-18)22-16-4-5-17-20-8-15(19(28)21-10)27(17)24-16/h4-8,10-11H,9H2,1-3H3,(H,21,28)(H,22,24)/t10-,11+/m1/s1. The topological polar surface area (TPSA) is 111 Å². The smallest absolute Gasteiger partial charge is 0.271 e. The number of aromatic nitrogens is 6. The minimum atomic E-state index is -0.253. The molecule has 0 saturated heterocycles. The first kappa shape index (κ1) is 17.6. The van der Waals surface area contributed by atoms with Gasteiger partial charge in [0.25, 0.3) is 5.91 Å². The molecule has 1 aromatic carbocycles. The van der Waals surface area contributed by atoms with Crippen LogP contribution in [0.3, 0.4) is 0 Å². The summed E-state index contributed by atoms with van der Waals surface area (Å²) in [6, 6.07) is 7.42. The lowest BCUT2D eigenvalue weighted by Crippen LogP contribution is -2.41. The number of nitrogens with one attached hydrogen (secondary N) is 2. The maximum Gasteiger partial charge on any atom is 0.271 e. The third kappa shape index (κ3) is 2.97. The fourth-order valence-electron chi connectivity index (χ4n) is 3.37. The van der Waals surface area contributed by atoms with Crippen LogP contribution in [0.5, 0.6) is 0 Å². The van der Waals surface area contributed by atoms with Gasteiger partial charge in [-0.1, -0.05) is 5.21 Å². The molecule has 10 nitrogen and oxygen atoms in total. The number of fused-ring (bicyclic) bond motifs is 5. The molecule has 4 heterocycles. The van der Waals surface area contributed by atoms with E-state index in [1.54, 1.807) is 4.68 Å². The minimum absolute atomic E-state index is 0.193. The lowest BCUT2D eigenvalue weighted by Gasteiger charge is -2.22. The third-order valence-corrected chi connectivity index (χ3v) is 5.21. The van der Waals surface area contributed by atoms with E-state index in [0.29, 0.717) is 23.8 Å². The predicted octanol–water partition coefficient (Wildman–Crippen LogP) is 1.79. The Balaban J connectivity index is 1.69. The maximum absolute atomic E-state index is 12.8. The molecule has 4 aromatic rings. The number of anilines is 2. The number of imidazole rings is 1.